The number of nitrogens with one attached hydrogen (secondary N) is 2. The van der Waals surface area contributed by atoms with Gasteiger partial charge in [0.05, 0.1) is 12.3 Å². The van der Waals surface area contributed by atoms with E-state index in [0.29, 0.717) is 0 Å². The van der Waals surface area contributed by atoms with Crippen molar-refractivity contribution in [1.29, 1.82) is 0 Å². The SMILES string of the molecule is CC(C)C(NC(=O)CCNC(=O)c1ccco1)c1ccc(C(C)(C)C)cc1. The van der Waals surface area contributed by atoms with Gasteiger partial charge >= 0.3 is 0 Å². The van der Waals surface area contributed by atoms with E-state index in [0.717, 1.165) is 5.56 Å². The Bertz CT molecular complexity index is 741. The third-order valence-electron chi connectivity index (χ3n) is 4.50. The lowest BCUT2D eigenvalue weighted by atomic mass is 9.85. The molecule has 2 aromatic rings. The van der Waals surface area contributed by atoms with Crippen molar-refractivity contribution in [2.45, 2.75) is 52.5 Å². The van der Waals surface area contributed by atoms with Gasteiger partial charge in [-0.05, 0) is 34.6 Å². The van der Waals surface area contributed by atoms with Crippen LogP contribution in [0.15, 0.2) is 47.1 Å². The Morgan fingerprint density at radius 3 is 2.26 bits per heavy atom. The highest BCUT2D eigenvalue weighted by molar-refractivity contribution is 5.91. The van der Waals surface area contributed by atoms with E-state index in [1.165, 1.54) is 11.8 Å². The lowest BCUT2D eigenvalue weighted by Crippen LogP contribution is -2.34. The first-order valence-electron chi connectivity index (χ1n) is 9.40. The molecule has 2 N–H and O–H groups in total. The van der Waals surface area contributed by atoms with Crippen LogP contribution in [0.1, 0.15) is 68.8 Å². The van der Waals surface area contributed by atoms with Crippen molar-refractivity contribution in [2.24, 2.45) is 5.92 Å². The van der Waals surface area contributed by atoms with Gasteiger partial charge in [0.25, 0.3) is 5.91 Å². The Labute approximate surface area is 161 Å². The van der Waals surface area contributed by atoms with Crippen LogP contribution in [-0.2, 0) is 10.2 Å². The zero-order chi connectivity index (χ0) is 20.0. The smallest absolute Gasteiger partial charge is 0.286 e. The van der Waals surface area contributed by atoms with Crippen LogP contribution in [0.3, 0.4) is 0 Å². The fourth-order valence-electron chi connectivity index (χ4n) is 2.86. The first-order valence-corrected chi connectivity index (χ1v) is 9.40. The van der Waals surface area contributed by atoms with Gasteiger partial charge in [0.1, 0.15) is 0 Å². The van der Waals surface area contributed by atoms with Crippen LogP contribution in [0.5, 0.6) is 0 Å². The highest BCUT2D eigenvalue weighted by Gasteiger charge is 2.20. The molecule has 1 atom stereocenters. The first kappa shape index (κ1) is 20.7. The molecule has 2 amide bonds. The lowest BCUT2D eigenvalue weighted by molar-refractivity contribution is -0.122. The average Bonchev–Trinajstić information content (AvgIpc) is 3.13. The number of carbonyl (C=O) groups is 2. The van der Waals surface area contributed by atoms with Crippen molar-refractivity contribution in [3.63, 3.8) is 0 Å². The number of amides is 2. The largest absolute Gasteiger partial charge is 0.459 e. The highest BCUT2D eigenvalue weighted by Crippen LogP contribution is 2.26. The van der Waals surface area contributed by atoms with Gasteiger partial charge in [0, 0.05) is 13.0 Å². The number of hydrogen-bond donors (Lipinski definition) is 2. The molecule has 27 heavy (non-hydrogen) atoms. The molecular weight excluding hydrogens is 340 g/mol. The molecule has 1 heterocycles. The van der Waals surface area contributed by atoms with E-state index < -0.39 is 0 Å². The zero-order valence-electron chi connectivity index (χ0n) is 16.8. The van der Waals surface area contributed by atoms with Crippen molar-refractivity contribution < 1.29 is 14.0 Å². The molecule has 2 rings (SSSR count). The summed E-state index contributed by atoms with van der Waals surface area (Å²) in [6.45, 7) is 11.0. The van der Waals surface area contributed by atoms with Gasteiger partial charge in [-0.1, -0.05) is 58.9 Å². The maximum Gasteiger partial charge on any atom is 0.286 e. The summed E-state index contributed by atoms with van der Waals surface area (Å²) in [4.78, 5) is 24.2. The van der Waals surface area contributed by atoms with E-state index >= 15 is 0 Å². The molecule has 0 spiro atoms. The molecule has 1 aromatic carbocycles. The van der Waals surface area contributed by atoms with Gasteiger partial charge in [-0.3, -0.25) is 9.59 Å². The summed E-state index contributed by atoms with van der Waals surface area (Å²) in [7, 11) is 0. The summed E-state index contributed by atoms with van der Waals surface area (Å²) in [5.74, 6) is 0.0980. The van der Waals surface area contributed by atoms with Gasteiger partial charge < -0.3 is 15.1 Å². The lowest BCUT2D eigenvalue weighted by Gasteiger charge is -2.25. The maximum absolute atomic E-state index is 12.3. The second-order valence-corrected chi connectivity index (χ2v) is 8.14. The predicted molar refractivity (Wildman–Crippen MR) is 107 cm³/mol. The summed E-state index contributed by atoms with van der Waals surface area (Å²) in [5.41, 5.74) is 2.45. The van der Waals surface area contributed by atoms with Crippen LogP contribution in [0.2, 0.25) is 0 Å². The highest BCUT2D eigenvalue weighted by atomic mass is 16.3. The molecule has 0 fully saturated rings. The van der Waals surface area contributed by atoms with Gasteiger partial charge in [-0.25, -0.2) is 0 Å². The Balaban J connectivity index is 1.91. The summed E-state index contributed by atoms with van der Waals surface area (Å²) >= 11 is 0. The summed E-state index contributed by atoms with van der Waals surface area (Å²) in [5, 5.41) is 5.77. The number of rotatable bonds is 7. The van der Waals surface area contributed by atoms with E-state index in [4.69, 9.17) is 4.42 Å². The maximum atomic E-state index is 12.3. The number of benzene rings is 1. The van der Waals surface area contributed by atoms with Crippen molar-refractivity contribution in [3.8, 4) is 0 Å². The normalized spacial score (nSPS) is 12.7. The van der Waals surface area contributed by atoms with Gasteiger partial charge in [0.2, 0.25) is 5.91 Å². The van der Waals surface area contributed by atoms with Crippen LogP contribution in [0.25, 0.3) is 0 Å². The number of furan rings is 1. The van der Waals surface area contributed by atoms with Crippen LogP contribution < -0.4 is 10.6 Å². The minimum atomic E-state index is -0.314. The fraction of sp³-hybridized carbons (Fsp3) is 0.455. The van der Waals surface area contributed by atoms with Crippen LogP contribution in [0.4, 0.5) is 0 Å². The molecule has 1 unspecified atom stereocenters. The summed E-state index contributed by atoms with van der Waals surface area (Å²) < 4.78 is 5.03. The fourth-order valence-corrected chi connectivity index (χ4v) is 2.86. The molecule has 0 aliphatic carbocycles. The molecule has 5 heteroatoms. The minimum Gasteiger partial charge on any atom is -0.459 e. The predicted octanol–water partition coefficient (Wildman–Crippen LogP) is 4.21. The van der Waals surface area contributed by atoms with Gasteiger partial charge in [0.15, 0.2) is 5.76 Å². The van der Waals surface area contributed by atoms with Crippen molar-refractivity contribution in [3.05, 3.63) is 59.5 Å². The Morgan fingerprint density at radius 2 is 1.74 bits per heavy atom. The van der Waals surface area contributed by atoms with Crippen molar-refractivity contribution in [1.82, 2.24) is 10.6 Å². The monoisotopic (exact) mass is 370 g/mol. The standard InChI is InChI=1S/C22H30N2O3/c1-15(2)20(16-8-10-17(11-9-16)22(3,4)5)24-19(25)12-13-23-21(26)18-7-6-14-27-18/h6-11,14-15,20H,12-13H2,1-5H3,(H,23,26)(H,24,25). The minimum absolute atomic E-state index is 0.0627. The molecule has 5 nitrogen and oxygen atoms in total. The van der Waals surface area contributed by atoms with Gasteiger partial charge in [-0.2, -0.15) is 0 Å². The molecule has 0 bridgehead atoms. The van der Waals surface area contributed by atoms with E-state index in [9.17, 15) is 9.59 Å². The van der Waals surface area contributed by atoms with Crippen molar-refractivity contribution >= 4 is 11.8 Å². The van der Waals surface area contributed by atoms with E-state index in [2.05, 4.69) is 69.5 Å². The molecule has 0 aliphatic heterocycles. The number of hydrogen-bond acceptors (Lipinski definition) is 3. The third kappa shape index (κ3) is 5.98. The van der Waals surface area contributed by atoms with Crippen LogP contribution >= 0.6 is 0 Å². The van der Waals surface area contributed by atoms with E-state index in [1.54, 1.807) is 12.1 Å². The van der Waals surface area contributed by atoms with Crippen molar-refractivity contribution in [2.75, 3.05) is 6.54 Å². The summed E-state index contributed by atoms with van der Waals surface area (Å²) in [6.07, 6.45) is 1.66. The molecule has 0 saturated heterocycles. The van der Waals surface area contributed by atoms with Crippen LogP contribution in [0, 0.1) is 5.92 Å². The first-order chi connectivity index (χ1) is 12.7. The Morgan fingerprint density at radius 1 is 1.07 bits per heavy atom. The number of carbonyl (C=O) groups excluding carboxylic acids is 2. The third-order valence-corrected chi connectivity index (χ3v) is 4.50. The van der Waals surface area contributed by atoms with E-state index in [1.807, 2.05) is 0 Å². The second-order valence-electron chi connectivity index (χ2n) is 8.14. The quantitative estimate of drug-likeness (QED) is 0.767. The second kappa shape index (κ2) is 8.89. The summed E-state index contributed by atoms with van der Waals surface area (Å²) in [6, 6.07) is 11.6. The molecular formula is C22H30N2O3. The molecule has 0 saturated carbocycles. The molecule has 146 valence electrons. The van der Waals surface area contributed by atoms with Gasteiger partial charge in [-0.15, -0.1) is 0 Å². The van der Waals surface area contributed by atoms with E-state index in [-0.39, 0.29) is 47.9 Å². The van der Waals surface area contributed by atoms with Crippen LogP contribution in [-0.4, -0.2) is 18.4 Å². The Hall–Kier alpha value is -2.56. The average molecular weight is 370 g/mol. The topological polar surface area (TPSA) is 71.3 Å². The molecule has 0 radical (unpaired) electrons. The molecule has 0 aliphatic rings. The Kier molecular flexibility index (Phi) is 6.83. The molecule has 1 aromatic heterocycles. The zero-order valence-corrected chi connectivity index (χ0v) is 16.8.